The topological polar surface area (TPSA) is 69.6 Å². The molecule has 0 bridgehead atoms. The quantitative estimate of drug-likeness (QED) is 0.837. The van der Waals surface area contributed by atoms with Crippen LogP contribution in [0.25, 0.3) is 0 Å². The predicted octanol–water partition coefficient (Wildman–Crippen LogP) is 1.32. The Labute approximate surface area is 102 Å². The zero-order chi connectivity index (χ0) is 13.1. The Morgan fingerprint density at radius 2 is 1.82 bits per heavy atom. The maximum Gasteiger partial charge on any atom is 0.301 e. The van der Waals surface area contributed by atoms with E-state index in [1.54, 1.807) is 12.1 Å². The maximum absolute atomic E-state index is 11.9. The van der Waals surface area contributed by atoms with E-state index in [0.717, 1.165) is 4.31 Å². The van der Waals surface area contributed by atoms with Gasteiger partial charge in [0, 0.05) is 13.6 Å². The van der Waals surface area contributed by atoms with Gasteiger partial charge in [0.15, 0.2) is 0 Å². The molecule has 0 fully saturated rings. The fourth-order valence-corrected chi connectivity index (χ4v) is 2.31. The van der Waals surface area contributed by atoms with Crippen LogP contribution in [0.1, 0.15) is 13.8 Å². The lowest BCUT2D eigenvalue weighted by atomic mass is 10.2. The van der Waals surface area contributed by atoms with Crippen LogP contribution >= 0.6 is 0 Å². The number of hydrogen-bond acceptors (Lipinski definition) is 3. The number of benzene rings is 1. The summed E-state index contributed by atoms with van der Waals surface area (Å²) in [6.07, 6.45) is 0. The lowest BCUT2D eigenvalue weighted by Gasteiger charge is -2.20. The molecule has 0 aliphatic heterocycles. The average molecular weight is 258 g/mol. The monoisotopic (exact) mass is 258 g/mol. The van der Waals surface area contributed by atoms with Crippen molar-refractivity contribution in [1.82, 2.24) is 4.72 Å². The Morgan fingerprint density at radius 1 is 1.29 bits per heavy atom. The van der Waals surface area contributed by atoms with Gasteiger partial charge in [0.05, 0.1) is 5.69 Å². The molecule has 0 heterocycles. The summed E-state index contributed by atoms with van der Waals surface area (Å²) < 4.78 is 27.4. The molecule has 2 N–H and O–H groups in total. The summed E-state index contributed by atoms with van der Waals surface area (Å²) in [7, 11) is -2.05. The summed E-state index contributed by atoms with van der Waals surface area (Å²) in [6.45, 7) is 4.26. The Balaban J connectivity index is 2.81. The van der Waals surface area contributed by atoms with E-state index in [-0.39, 0.29) is 11.7 Å². The van der Waals surface area contributed by atoms with Gasteiger partial charge in [-0.3, -0.25) is 4.31 Å². The van der Waals surface area contributed by atoms with Crippen LogP contribution in [-0.2, 0) is 10.2 Å². The standard InChI is InChI=1S/C11H18N2O3S/c1-9(2)8-12-17(15,16)13(3)10-4-6-11(14)7-5-10/h4-7,9,12,14H,8H2,1-3H3. The molecule has 5 nitrogen and oxygen atoms in total. The molecular formula is C11H18N2O3S. The van der Waals surface area contributed by atoms with Crippen LogP contribution in [0.4, 0.5) is 5.69 Å². The minimum Gasteiger partial charge on any atom is -0.508 e. The Morgan fingerprint density at radius 3 is 2.29 bits per heavy atom. The van der Waals surface area contributed by atoms with Crippen LogP contribution in [0.2, 0.25) is 0 Å². The molecule has 0 aliphatic carbocycles. The molecule has 0 amide bonds. The van der Waals surface area contributed by atoms with Crippen LogP contribution < -0.4 is 9.03 Å². The number of nitrogens with one attached hydrogen (secondary N) is 1. The molecular weight excluding hydrogens is 240 g/mol. The van der Waals surface area contributed by atoms with E-state index in [9.17, 15) is 8.42 Å². The molecule has 1 aromatic carbocycles. The molecule has 17 heavy (non-hydrogen) atoms. The van der Waals surface area contributed by atoms with E-state index in [1.165, 1.54) is 19.2 Å². The molecule has 1 rings (SSSR count). The molecule has 1 aromatic rings. The second kappa shape index (κ2) is 5.37. The van der Waals surface area contributed by atoms with Crippen molar-refractivity contribution in [3.05, 3.63) is 24.3 Å². The minimum atomic E-state index is -3.52. The fourth-order valence-electron chi connectivity index (χ4n) is 1.17. The Hall–Kier alpha value is -1.27. The molecule has 0 unspecified atom stereocenters. The van der Waals surface area contributed by atoms with Crippen molar-refractivity contribution in [1.29, 1.82) is 0 Å². The largest absolute Gasteiger partial charge is 0.508 e. The van der Waals surface area contributed by atoms with Crippen molar-refractivity contribution < 1.29 is 13.5 Å². The van der Waals surface area contributed by atoms with E-state index >= 15 is 0 Å². The van der Waals surface area contributed by atoms with Gasteiger partial charge in [0.2, 0.25) is 0 Å². The van der Waals surface area contributed by atoms with E-state index in [4.69, 9.17) is 5.11 Å². The van der Waals surface area contributed by atoms with Crippen molar-refractivity contribution in [3.63, 3.8) is 0 Å². The minimum absolute atomic E-state index is 0.106. The summed E-state index contributed by atoms with van der Waals surface area (Å²) in [4.78, 5) is 0. The number of nitrogens with zero attached hydrogens (tertiary/aromatic N) is 1. The third-order valence-electron chi connectivity index (χ3n) is 2.25. The zero-order valence-electron chi connectivity index (χ0n) is 10.2. The summed E-state index contributed by atoms with van der Waals surface area (Å²) in [6, 6.07) is 5.99. The van der Waals surface area contributed by atoms with E-state index in [0.29, 0.717) is 12.2 Å². The molecule has 0 aromatic heterocycles. The lowest BCUT2D eigenvalue weighted by molar-refractivity contribution is 0.475. The van der Waals surface area contributed by atoms with Crippen molar-refractivity contribution in [2.24, 2.45) is 5.92 Å². The molecule has 6 heteroatoms. The van der Waals surface area contributed by atoms with Crippen molar-refractivity contribution in [3.8, 4) is 5.75 Å². The SMILES string of the molecule is CC(C)CNS(=O)(=O)N(C)c1ccc(O)cc1. The van der Waals surface area contributed by atoms with Crippen molar-refractivity contribution in [2.75, 3.05) is 17.9 Å². The number of aromatic hydroxyl groups is 1. The number of phenolic OH excluding ortho intramolecular Hbond substituents is 1. The highest BCUT2D eigenvalue weighted by molar-refractivity contribution is 7.90. The van der Waals surface area contributed by atoms with Gasteiger partial charge in [-0.25, -0.2) is 0 Å². The third kappa shape index (κ3) is 3.90. The van der Waals surface area contributed by atoms with Crippen molar-refractivity contribution >= 4 is 15.9 Å². The first-order valence-corrected chi connectivity index (χ1v) is 6.79. The van der Waals surface area contributed by atoms with Crippen LogP contribution in [0, 0.1) is 5.92 Å². The van der Waals surface area contributed by atoms with Crippen LogP contribution in [0.5, 0.6) is 5.75 Å². The summed E-state index contributed by atoms with van der Waals surface area (Å²) in [5.74, 6) is 0.354. The normalized spacial score (nSPS) is 11.8. The summed E-state index contributed by atoms with van der Waals surface area (Å²) >= 11 is 0. The highest BCUT2D eigenvalue weighted by atomic mass is 32.2. The van der Waals surface area contributed by atoms with Crippen LogP contribution in [-0.4, -0.2) is 27.1 Å². The van der Waals surface area contributed by atoms with Gasteiger partial charge in [-0.15, -0.1) is 0 Å². The molecule has 0 radical (unpaired) electrons. The Bertz CT molecular complexity index is 454. The first kappa shape index (κ1) is 13.8. The van der Waals surface area contributed by atoms with E-state index in [1.807, 2.05) is 13.8 Å². The third-order valence-corrected chi connectivity index (χ3v) is 3.71. The lowest BCUT2D eigenvalue weighted by Crippen LogP contribution is -2.39. The number of hydrogen-bond donors (Lipinski definition) is 2. The molecule has 0 saturated heterocycles. The fraction of sp³-hybridized carbons (Fsp3) is 0.455. The first-order chi connectivity index (χ1) is 7.83. The average Bonchev–Trinajstić information content (AvgIpc) is 2.27. The van der Waals surface area contributed by atoms with Gasteiger partial charge in [-0.05, 0) is 30.2 Å². The van der Waals surface area contributed by atoms with E-state index in [2.05, 4.69) is 4.72 Å². The number of phenols is 1. The smallest absolute Gasteiger partial charge is 0.301 e. The molecule has 0 atom stereocenters. The van der Waals surface area contributed by atoms with Gasteiger partial charge < -0.3 is 5.11 Å². The molecule has 0 saturated carbocycles. The van der Waals surface area contributed by atoms with Gasteiger partial charge in [-0.1, -0.05) is 13.8 Å². The number of rotatable bonds is 5. The molecule has 0 aliphatic rings. The summed E-state index contributed by atoms with van der Waals surface area (Å²) in [5.41, 5.74) is 0.499. The highest BCUT2D eigenvalue weighted by Gasteiger charge is 2.17. The maximum atomic E-state index is 11.9. The predicted molar refractivity (Wildman–Crippen MR) is 68.3 cm³/mol. The van der Waals surface area contributed by atoms with Gasteiger partial charge >= 0.3 is 10.2 Å². The van der Waals surface area contributed by atoms with Crippen LogP contribution in [0.15, 0.2) is 24.3 Å². The highest BCUT2D eigenvalue weighted by Crippen LogP contribution is 2.18. The second-order valence-corrected chi connectivity index (χ2v) is 6.02. The molecule has 0 spiro atoms. The summed E-state index contributed by atoms with van der Waals surface area (Å²) in [5, 5.41) is 9.13. The van der Waals surface area contributed by atoms with Crippen molar-refractivity contribution in [2.45, 2.75) is 13.8 Å². The van der Waals surface area contributed by atoms with Gasteiger partial charge in [0.25, 0.3) is 0 Å². The molecule has 96 valence electrons. The van der Waals surface area contributed by atoms with E-state index < -0.39 is 10.2 Å². The van der Waals surface area contributed by atoms with Gasteiger partial charge in [0.1, 0.15) is 5.75 Å². The van der Waals surface area contributed by atoms with Gasteiger partial charge in [-0.2, -0.15) is 13.1 Å². The first-order valence-electron chi connectivity index (χ1n) is 5.35. The number of anilines is 1. The second-order valence-electron chi connectivity index (χ2n) is 4.23. The van der Waals surface area contributed by atoms with Crippen LogP contribution in [0.3, 0.4) is 0 Å². The Kier molecular flexibility index (Phi) is 4.36. The zero-order valence-corrected chi connectivity index (χ0v) is 11.0.